The fourth-order valence-electron chi connectivity index (χ4n) is 2.88. The van der Waals surface area contributed by atoms with E-state index in [0.29, 0.717) is 0 Å². The van der Waals surface area contributed by atoms with Gasteiger partial charge in [0, 0.05) is 0 Å². The molecule has 0 aromatic carbocycles. The molecule has 5 nitrogen and oxygen atoms in total. The van der Waals surface area contributed by atoms with Crippen molar-refractivity contribution in [2.24, 2.45) is 0 Å². The van der Waals surface area contributed by atoms with Crippen LogP contribution in [0.15, 0.2) is 0 Å². The van der Waals surface area contributed by atoms with Gasteiger partial charge in [0.1, 0.15) is 0 Å². The Kier molecular flexibility index (Phi) is 30.1. The minimum Gasteiger partial charge on any atom is -0.320 e. The molecule has 0 aromatic heterocycles. The van der Waals surface area contributed by atoms with E-state index in [-0.39, 0.29) is 0 Å². The van der Waals surface area contributed by atoms with Gasteiger partial charge in [-0.15, -0.1) is 0 Å². The summed E-state index contributed by atoms with van der Waals surface area (Å²) in [5.41, 5.74) is 0. The fraction of sp³-hybridized carbons (Fsp3) is 1.00. The Labute approximate surface area is 171 Å². The van der Waals surface area contributed by atoms with E-state index in [2.05, 4.69) is 47.1 Å². The molecule has 5 heteroatoms. The summed E-state index contributed by atoms with van der Waals surface area (Å²) in [6.45, 7) is 13.6. The van der Waals surface area contributed by atoms with Gasteiger partial charge in [-0.05, 0) is 106 Å². The lowest BCUT2D eigenvalue weighted by Gasteiger charge is -2.16. The minimum absolute atomic E-state index is 1.09. The molecule has 0 bridgehead atoms. The molecule has 0 spiro atoms. The van der Waals surface area contributed by atoms with Crippen LogP contribution < -0.4 is 21.3 Å². The molecule has 0 saturated heterocycles. The van der Waals surface area contributed by atoms with Crippen molar-refractivity contribution in [1.82, 2.24) is 26.2 Å². The van der Waals surface area contributed by atoms with E-state index < -0.39 is 0 Å². The van der Waals surface area contributed by atoms with Gasteiger partial charge in [-0.25, -0.2) is 0 Å². The molecule has 0 atom stereocenters. The normalized spacial score (nSPS) is 10.9. The van der Waals surface area contributed by atoms with Crippen LogP contribution in [0, 0.1) is 0 Å². The first kappa shape index (κ1) is 29.0. The van der Waals surface area contributed by atoms with Gasteiger partial charge in [0.05, 0.1) is 0 Å². The van der Waals surface area contributed by atoms with Gasteiger partial charge in [-0.1, -0.05) is 39.5 Å². The van der Waals surface area contributed by atoms with Gasteiger partial charge in [-0.2, -0.15) is 0 Å². The topological polar surface area (TPSA) is 51.4 Å². The summed E-state index contributed by atoms with van der Waals surface area (Å²) >= 11 is 0. The first-order chi connectivity index (χ1) is 13.2. The molecular weight excluding hydrogens is 334 g/mol. The second-order valence-corrected chi connectivity index (χ2v) is 7.40. The molecule has 4 N–H and O–H groups in total. The standard InChI is InChI=1S/C15H35N3.C7H18N2/c1-16-12-8-4-6-10-14-18(3)15-11-7-5-9-13-17-2;1-3-8-6-5-7-9-4-2/h16-17H,4-15H2,1-3H3;8-9H,3-7H2,1-2H3. The SMILES string of the molecule is CCNCCCNCC.CNCCCCCCN(C)CCCCCCNC. The zero-order chi connectivity index (χ0) is 20.4. The molecule has 0 aliphatic carbocycles. The van der Waals surface area contributed by atoms with E-state index in [4.69, 9.17) is 0 Å². The van der Waals surface area contributed by atoms with E-state index in [1.165, 1.54) is 84.0 Å². The van der Waals surface area contributed by atoms with Crippen molar-refractivity contribution in [2.45, 2.75) is 71.6 Å². The third kappa shape index (κ3) is 30.8. The first-order valence-electron chi connectivity index (χ1n) is 11.6. The maximum atomic E-state index is 3.27. The van der Waals surface area contributed by atoms with Crippen LogP contribution in [0.4, 0.5) is 0 Å². The van der Waals surface area contributed by atoms with E-state index >= 15 is 0 Å². The summed E-state index contributed by atoms with van der Waals surface area (Å²) < 4.78 is 0. The summed E-state index contributed by atoms with van der Waals surface area (Å²) in [4.78, 5) is 2.50. The quantitative estimate of drug-likeness (QED) is 0.242. The predicted octanol–water partition coefficient (Wildman–Crippen LogP) is 3.07. The average Bonchev–Trinajstić information content (AvgIpc) is 2.68. The van der Waals surface area contributed by atoms with E-state index in [1.54, 1.807) is 0 Å². The van der Waals surface area contributed by atoms with Crippen LogP contribution in [0.5, 0.6) is 0 Å². The van der Waals surface area contributed by atoms with E-state index in [0.717, 1.165) is 26.2 Å². The molecule has 0 unspecified atom stereocenters. The molecule has 0 radical (unpaired) electrons. The maximum absolute atomic E-state index is 3.27. The Morgan fingerprint density at radius 3 is 1.30 bits per heavy atom. The lowest BCUT2D eigenvalue weighted by atomic mass is 10.1. The Bertz CT molecular complexity index is 217. The van der Waals surface area contributed by atoms with Crippen molar-refractivity contribution in [3.8, 4) is 0 Å². The number of unbranched alkanes of at least 4 members (excludes halogenated alkanes) is 6. The van der Waals surface area contributed by atoms with Crippen LogP contribution in [0.1, 0.15) is 71.6 Å². The van der Waals surface area contributed by atoms with Crippen LogP contribution in [0.2, 0.25) is 0 Å². The Hall–Kier alpha value is -0.200. The second kappa shape index (κ2) is 28.0. The summed E-state index contributed by atoms with van der Waals surface area (Å²) in [6.07, 6.45) is 12.1. The Morgan fingerprint density at radius 2 is 0.926 bits per heavy atom. The molecular formula is C22H53N5. The third-order valence-corrected chi connectivity index (χ3v) is 4.64. The van der Waals surface area contributed by atoms with Gasteiger partial charge in [0.2, 0.25) is 0 Å². The second-order valence-electron chi connectivity index (χ2n) is 7.40. The largest absolute Gasteiger partial charge is 0.320 e. The van der Waals surface area contributed by atoms with Gasteiger partial charge in [0.25, 0.3) is 0 Å². The number of rotatable bonds is 20. The highest BCUT2D eigenvalue weighted by molar-refractivity contribution is 4.54. The number of nitrogens with one attached hydrogen (secondary N) is 4. The van der Waals surface area contributed by atoms with E-state index in [1.807, 2.05) is 14.1 Å². The zero-order valence-corrected chi connectivity index (χ0v) is 19.5. The zero-order valence-electron chi connectivity index (χ0n) is 19.5. The molecule has 0 aliphatic heterocycles. The molecule has 0 rings (SSSR count). The number of nitrogens with zero attached hydrogens (tertiary/aromatic N) is 1. The predicted molar refractivity (Wildman–Crippen MR) is 124 cm³/mol. The lowest BCUT2D eigenvalue weighted by Crippen LogP contribution is -2.21. The van der Waals surface area contributed by atoms with Crippen LogP contribution >= 0.6 is 0 Å². The Morgan fingerprint density at radius 1 is 0.519 bits per heavy atom. The van der Waals surface area contributed by atoms with Crippen LogP contribution in [0.25, 0.3) is 0 Å². The van der Waals surface area contributed by atoms with Gasteiger partial charge < -0.3 is 26.2 Å². The summed E-state index contributed by atoms with van der Waals surface area (Å²) in [6, 6.07) is 0. The monoisotopic (exact) mass is 387 g/mol. The van der Waals surface area contributed by atoms with Crippen molar-refractivity contribution >= 4 is 0 Å². The van der Waals surface area contributed by atoms with Crippen LogP contribution in [-0.4, -0.2) is 78.4 Å². The summed E-state index contributed by atoms with van der Waals surface area (Å²) in [5.74, 6) is 0. The van der Waals surface area contributed by atoms with Gasteiger partial charge >= 0.3 is 0 Å². The number of hydrogen-bond donors (Lipinski definition) is 4. The molecule has 166 valence electrons. The Balaban J connectivity index is 0. The van der Waals surface area contributed by atoms with Gasteiger partial charge in [0.15, 0.2) is 0 Å². The van der Waals surface area contributed by atoms with Crippen LogP contribution in [0.3, 0.4) is 0 Å². The fourth-order valence-corrected chi connectivity index (χ4v) is 2.88. The summed E-state index contributed by atoms with van der Waals surface area (Å²) in [5, 5.41) is 12.9. The number of hydrogen-bond acceptors (Lipinski definition) is 5. The van der Waals surface area contributed by atoms with Crippen molar-refractivity contribution in [3.05, 3.63) is 0 Å². The van der Waals surface area contributed by atoms with Crippen molar-refractivity contribution in [2.75, 3.05) is 73.5 Å². The van der Waals surface area contributed by atoms with Crippen molar-refractivity contribution < 1.29 is 0 Å². The van der Waals surface area contributed by atoms with Crippen molar-refractivity contribution in [1.29, 1.82) is 0 Å². The average molecular weight is 388 g/mol. The smallest absolute Gasteiger partial charge is 0.00218 e. The maximum Gasteiger partial charge on any atom is -0.00218 e. The highest BCUT2D eigenvalue weighted by Gasteiger charge is 1.98. The molecule has 0 aliphatic rings. The molecule has 0 aromatic rings. The first-order valence-corrected chi connectivity index (χ1v) is 11.6. The highest BCUT2D eigenvalue weighted by Crippen LogP contribution is 2.03. The molecule has 0 saturated carbocycles. The molecule has 0 heterocycles. The molecule has 0 amide bonds. The van der Waals surface area contributed by atoms with Crippen LogP contribution in [-0.2, 0) is 0 Å². The van der Waals surface area contributed by atoms with Crippen molar-refractivity contribution in [3.63, 3.8) is 0 Å². The molecule has 0 fully saturated rings. The van der Waals surface area contributed by atoms with E-state index in [9.17, 15) is 0 Å². The summed E-state index contributed by atoms with van der Waals surface area (Å²) in [7, 11) is 6.33. The highest BCUT2D eigenvalue weighted by atomic mass is 15.1. The minimum atomic E-state index is 1.09. The van der Waals surface area contributed by atoms with Gasteiger partial charge in [-0.3, -0.25) is 0 Å². The lowest BCUT2D eigenvalue weighted by molar-refractivity contribution is 0.314. The molecule has 27 heavy (non-hydrogen) atoms. The third-order valence-electron chi connectivity index (χ3n) is 4.64.